The van der Waals surface area contributed by atoms with Gasteiger partial charge in [0.25, 0.3) is 5.91 Å². The van der Waals surface area contributed by atoms with Gasteiger partial charge >= 0.3 is 0 Å². The molecule has 2 aromatic carbocycles. The lowest BCUT2D eigenvalue weighted by Crippen LogP contribution is -2.57. The lowest BCUT2D eigenvalue weighted by Gasteiger charge is -2.48. The molecule has 1 aliphatic heterocycles. The Kier molecular flexibility index (Phi) is 8.16. The number of imidazole rings is 1. The number of nitrogens with zero attached hydrogens (tertiary/aromatic N) is 3. The molecular formula is C30H35Cl2N3O2S. The highest BCUT2D eigenvalue weighted by Gasteiger charge is 2.50. The third-order valence-corrected chi connectivity index (χ3v) is 9.18. The van der Waals surface area contributed by atoms with Gasteiger partial charge in [0.15, 0.2) is 0 Å². The molecule has 0 radical (unpaired) electrons. The minimum absolute atomic E-state index is 0.0256. The van der Waals surface area contributed by atoms with Gasteiger partial charge in [-0.3, -0.25) is 4.79 Å². The van der Waals surface area contributed by atoms with E-state index in [4.69, 9.17) is 27.9 Å². The molecule has 1 aromatic heterocycles. The maximum absolute atomic E-state index is 14.5. The van der Waals surface area contributed by atoms with Crippen molar-refractivity contribution in [1.29, 1.82) is 0 Å². The molecule has 1 unspecified atom stereocenters. The van der Waals surface area contributed by atoms with Gasteiger partial charge in [-0.15, -0.1) is 0 Å². The second kappa shape index (κ2) is 11.2. The van der Waals surface area contributed by atoms with E-state index in [-0.39, 0.29) is 22.7 Å². The van der Waals surface area contributed by atoms with Crippen molar-refractivity contribution in [3.8, 4) is 0 Å². The quantitative estimate of drug-likeness (QED) is 0.285. The fourth-order valence-corrected chi connectivity index (χ4v) is 6.65. The van der Waals surface area contributed by atoms with Gasteiger partial charge in [-0.25, -0.2) is 4.98 Å². The van der Waals surface area contributed by atoms with Crippen molar-refractivity contribution in [3.63, 3.8) is 0 Å². The number of rotatable bonds is 8. The van der Waals surface area contributed by atoms with Crippen molar-refractivity contribution < 1.29 is 9.53 Å². The molecule has 1 saturated carbocycles. The van der Waals surface area contributed by atoms with Gasteiger partial charge in [-0.1, -0.05) is 68.2 Å². The van der Waals surface area contributed by atoms with Gasteiger partial charge in [0.1, 0.15) is 18.0 Å². The number of benzene rings is 2. The summed E-state index contributed by atoms with van der Waals surface area (Å²) in [4.78, 5) is 21.1. The Morgan fingerprint density at radius 1 is 1.08 bits per heavy atom. The van der Waals surface area contributed by atoms with Crippen LogP contribution in [0.25, 0.3) is 0 Å². The van der Waals surface area contributed by atoms with Crippen LogP contribution in [0.2, 0.25) is 10.0 Å². The van der Waals surface area contributed by atoms with E-state index in [1.165, 1.54) is 0 Å². The predicted molar refractivity (Wildman–Crippen MR) is 156 cm³/mol. The van der Waals surface area contributed by atoms with E-state index in [0.29, 0.717) is 22.4 Å². The molecule has 3 aromatic rings. The van der Waals surface area contributed by atoms with Crippen LogP contribution < -0.4 is 0 Å². The molecule has 5 rings (SSSR count). The molecule has 1 amide bonds. The van der Waals surface area contributed by atoms with Crippen LogP contribution in [-0.2, 0) is 23.0 Å². The molecule has 4 atom stereocenters. The molecule has 0 bridgehead atoms. The fourth-order valence-electron chi connectivity index (χ4n) is 5.22. The zero-order valence-corrected chi connectivity index (χ0v) is 24.6. The highest BCUT2D eigenvalue weighted by Crippen LogP contribution is 2.49. The predicted octanol–water partition coefficient (Wildman–Crippen LogP) is 7.29. The van der Waals surface area contributed by atoms with E-state index >= 15 is 0 Å². The first-order valence-corrected chi connectivity index (χ1v) is 14.9. The van der Waals surface area contributed by atoms with Gasteiger partial charge in [-0.05, 0) is 54.2 Å². The summed E-state index contributed by atoms with van der Waals surface area (Å²) < 4.78 is 8.80. The van der Waals surface area contributed by atoms with Crippen LogP contribution in [0.4, 0.5) is 0 Å². The molecule has 0 N–H and O–H groups in total. The minimum atomic E-state index is -0.649. The van der Waals surface area contributed by atoms with Gasteiger partial charge in [0.05, 0.1) is 6.04 Å². The Bertz CT molecular complexity index is 1270. The Morgan fingerprint density at radius 2 is 1.82 bits per heavy atom. The first kappa shape index (κ1) is 27.6. The third kappa shape index (κ3) is 6.25. The first-order chi connectivity index (χ1) is 18.1. The Hall–Kier alpha value is -1.99. The van der Waals surface area contributed by atoms with Crippen LogP contribution in [0.5, 0.6) is 0 Å². The third-order valence-electron chi connectivity index (χ3n) is 7.32. The molecule has 1 aliphatic carbocycles. The smallest absolute Gasteiger partial charge is 0.253 e. The molecule has 202 valence electrons. The van der Waals surface area contributed by atoms with Crippen LogP contribution in [0, 0.1) is 5.92 Å². The Balaban J connectivity index is 1.62. The average molecular weight is 573 g/mol. The van der Waals surface area contributed by atoms with E-state index in [2.05, 4.69) is 30.7 Å². The summed E-state index contributed by atoms with van der Waals surface area (Å²) in [7, 11) is 1.95. The average Bonchev–Trinajstić information content (AvgIpc) is 3.63. The summed E-state index contributed by atoms with van der Waals surface area (Å²) in [5.41, 5.74) is 1.97. The summed E-state index contributed by atoms with van der Waals surface area (Å²) in [5.74, 6) is 2.21. The number of carbonyl (C=O) groups is 1. The van der Waals surface area contributed by atoms with E-state index in [0.717, 1.165) is 35.5 Å². The van der Waals surface area contributed by atoms with Gasteiger partial charge in [0, 0.05) is 52.4 Å². The van der Waals surface area contributed by atoms with E-state index in [9.17, 15) is 4.79 Å². The molecule has 1 saturated heterocycles. The van der Waals surface area contributed by atoms with E-state index < -0.39 is 12.2 Å². The number of amides is 1. The highest BCUT2D eigenvalue weighted by atomic mass is 35.5. The summed E-state index contributed by atoms with van der Waals surface area (Å²) >= 11 is 14.7. The van der Waals surface area contributed by atoms with Crippen molar-refractivity contribution in [2.24, 2.45) is 13.0 Å². The van der Waals surface area contributed by atoms with Gasteiger partial charge in [0.2, 0.25) is 0 Å². The molecule has 2 heterocycles. The summed E-state index contributed by atoms with van der Waals surface area (Å²) in [6.45, 7) is 6.70. The topological polar surface area (TPSA) is 47.4 Å². The number of aryl methyl sites for hydroxylation is 1. The number of hydrogen-bond acceptors (Lipinski definition) is 4. The summed E-state index contributed by atoms with van der Waals surface area (Å²) in [6, 6.07) is 15.4. The maximum Gasteiger partial charge on any atom is 0.253 e. The van der Waals surface area contributed by atoms with E-state index in [1.54, 1.807) is 6.20 Å². The molecular weight excluding hydrogens is 537 g/mol. The zero-order chi connectivity index (χ0) is 27.0. The van der Waals surface area contributed by atoms with Gasteiger partial charge < -0.3 is 14.2 Å². The van der Waals surface area contributed by atoms with Crippen molar-refractivity contribution in [3.05, 3.63) is 87.9 Å². The SMILES string of the molecule is Cn1ccnc1CC1O[C@H](c2cccc(Cl)c2)[C@@H](c2ccc(Cl)cc2)N([C@H](CSC(C)(C)C)C2CC2)C1=O. The minimum Gasteiger partial charge on any atom is -0.357 e. The largest absolute Gasteiger partial charge is 0.357 e. The van der Waals surface area contributed by atoms with Crippen LogP contribution >= 0.6 is 35.0 Å². The first-order valence-electron chi connectivity index (χ1n) is 13.2. The summed E-state index contributed by atoms with van der Waals surface area (Å²) in [5, 5.41) is 1.31. The lowest BCUT2D eigenvalue weighted by molar-refractivity contribution is -0.179. The monoisotopic (exact) mass is 571 g/mol. The summed E-state index contributed by atoms with van der Waals surface area (Å²) in [6.07, 6.45) is 5.31. The highest BCUT2D eigenvalue weighted by molar-refractivity contribution is 8.00. The van der Waals surface area contributed by atoms with Crippen LogP contribution in [0.15, 0.2) is 60.9 Å². The molecule has 38 heavy (non-hydrogen) atoms. The second-order valence-corrected chi connectivity index (χ2v) is 14.0. The van der Waals surface area contributed by atoms with Crippen LogP contribution in [0.3, 0.4) is 0 Å². The molecule has 2 aliphatic rings. The van der Waals surface area contributed by atoms with Crippen LogP contribution in [0.1, 0.15) is 62.7 Å². The van der Waals surface area contributed by atoms with Crippen LogP contribution in [-0.4, -0.2) is 43.0 Å². The molecule has 2 fully saturated rings. The number of ether oxygens (including phenoxy) is 1. The number of morpholine rings is 1. The van der Waals surface area contributed by atoms with Crippen molar-refractivity contribution in [2.75, 3.05) is 5.75 Å². The number of carbonyl (C=O) groups excluding carboxylic acids is 1. The second-order valence-electron chi connectivity index (χ2n) is 11.3. The van der Waals surface area contributed by atoms with Crippen molar-refractivity contribution >= 4 is 40.9 Å². The lowest BCUT2D eigenvalue weighted by atomic mass is 9.89. The number of aromatic nitrogens is 2. The number of hydrogen-bond donors (Lipinski definition) is 0. The molecule has 5 nitrogen and oxygen atoms in total. The molecule has 8 heteroatoms. The number of thioether (sulfide) groups is 1. The number of halogens is 2. The fraction of sp³-hybridized carbons (Fsp3) is 0.467. The molecule has 0 spiro atoms. The maximum atomic E-state index is 14.5. The Labute approximate surface area is 239 Å². The van der Waals surface area contributed by atoms with E-state index in [1.807, 2.05) is 78.1 Å². The van der Waals surface area contributed by atoms with Gasteiger partial charge in [-0.2, -0.15) is 11.8 Å². The van der Waals surface area contributed by atoms with Crippen molar-refractivity contribution in [1.82, 2.24) is 14.5 Å². The normalized spacial score (nSPS) is 23.1. The standard InChI is InChI=1S/C30H35Cl2N3O2S/c1-30(2,3)38-18-24(19-8-9-19)35-27(20-10-12-22(31)13-11-20)28(21-6-5-7-23(32)16-21)37-25(29(35)36)17-26-33-14-15-34(26)4/h5-7,10-16,19,24-25,27-28H,8-9,17-18H2,1-4H3/t24-,25?,27-,28-/m1/s1. The van der Waals surface area contributed by atoms with Crippen molar-refractivity contribution in [2.45, 2.75) is 69.1 Å². The zero-order valence-electron chi connectivity index (χ0n) is 22.3. The Morgan fingerprint density at radius 3 is 2.42 bits per heavy atom.